The lowest BCUT2D eigenvalue weighted by molar-refractivity contribution is -0.121. The molecule has 0 atom stereocenters. The fourth-order valence-corrected chi connectivity index (χ4v) is 1.55. The Kier molecular flexibility index (Phi) is 5.91. The molecular formula is C14H19NO3. The third kappa shape index (κ3) is 4.20. The first kappa shape index (κ1) is 14.2. The van der Waals surface area contributed by atoms with E-state index in [1.54, 1.807) is 18.2 Å². The minimum absolute atomic E-state index is 0.0446. The van der Waals surface area contributed by atoms with Gasteiger partial charge in [-0.25, -0.2) is 0 Å². The molecule has 0 bridgehead atoms. The second-order valence-electron chi connectivity index (χ2n) is 3.82. The van der Waals surface area contributed by atoms with Crippen LogP contribution in [0.5, 0.6) is 5.75 Å². The van der Waals surface area contributed by atoms with Crippen molar-refractivity contribution in [1.82, 2.24) is 5.32 Å². The Bertz CT molecular complexity index is 415. The molecule has 0 aliphatic heterocycles. The number of nitrogens with one attached hydrogen (secondary N) is 1. The highest BCUT2D eigenvalue weighted by molar-refractivity contribution is 5.98. The van der Waals surface area contributed by atoms with E-state index in [4.69, 9.17) is 4.74 Å². The highest BCUT2D eigenvalue weighted by Gasteiger charge is 2.10. The average molecular weight is 249 g/mol. The van der Waals surface area contributed by atoms with Gasteiger partial charge in [0, 0.05) is 13.0 Å². The summed E-state index contributed by atoms with van der Waals surface area (Å²) in [6, 6.07) is 7.11. The molecule has 98 valence electrons. The molecule has 0 spiro atoms. The summed E-state index contributed by atoms with van der Waals surface area (Å²) in [5, 5.41) is 2.69. The van der Waals surface area contributed by atoms with E-state index in [-0.39, 0.29) is 18.3 Å². The number of benzene rings is 1. The Morgan fingerprint density at radius 2 is 1.94 bits per heavy atom. The third-order valence-corrected chi connectivity index (χ3v) is 2.47. The highest BCUT2D eigenvalue weighted by Crippen LogP contribution is 2.19. The van der Waals surface area contributed by atoms with Gasteiger partial charge >= 0.3 is 0 Å². The summed E-state index contributed by atoms with van der Waals surface area (Å²) in [5.74, 6) is 0.550. The molecule has 4 heteroatoms. The topological polar surface area (TPSA) is 55.4 Å². The van der Waals surface area contributed by atoms with E-state index in [9.17, 15) is 9.59 Å². The number of carbonyl (C=O) groups excluding carboxylic acids is 2. The predicted octanol–water partition coefficient (Wildman–Crippen LogP) is 2.18. The lowest BCUT2D eigenvalue weighted by Crippen LogP contribution is -2.24. The quantitative estimate of drug-likeness (QED) is 0.754. The molecule has 1 N–H and O–H groups in total. The average Bonchev–Trinajstić information content (AvgIpc) is 2.39. The summed E-state index contributed by atoms with van der Waals surface area (Å²) < 4.78 is 5.50. The number of ketones is 1. The maximum Gasteiger partial charge on any atom is 0.223 e. The highest BCUT2D eigenvalue weighted by atomic mass is 16.5. The van der Waals surface area contributed by atoms with Gasteiger partial charge in [0.15, 0.2) is 5.78 Å². The van der Waals surface area contributed by atoms with Crippen LogP contribution in [0.4, 0.5) is 0 Å². The predicted molar refractivity (Wildman–Crippen MR) is 69.9 cm³/mol. The van der Waals surface area contributed by atoms with Crippen molar-refractivity contribution in [3.8, 4) is 5.75 Å². The van der Waals surface area contributed by atoms with Crippen LogP contribution in [0.3, 0.4) is 0 Å². The minimum atomic E-state index is -0.0446. The van der Waals surface area contributed by atoms with Crippen molar-refractivity contribution < 1.29 is 14.3 Å². The van der Waals surface area contributed by atoms with Crippen molar-refractivity contribution in [2.45, 2.75) is 26.7 Å². The van der Waals surface area contributed by atoms with Crippen molar-refractivity contribution in [2.75, 3.05) is 13.2 Å². The Balaban J connectivity index is 2.57. The normalized spacial score (nSPS) is 9.89. The van der Waals surface area contributed by atoms with Crippen LogP contribution in [-0.4, -0.2) is 24.8 Å². The van der Waals surface area contributed by atoms with Gasteiger partial charge in [-0.1, -0.05) is 19.1 Å². The number of carbonyl (C=O) groups is 2. The molecule has 0 saturated heterocycles. The zero-order valence-corrected chi connectivity index (χ0v) is 10.9. The first-order chi connectivity index (χ1) is 8.69. The summed E-state index contributed by atoms with van der Waals surface area (Å²) in [7, 11) is 0. The van der Waals surface area contributed by atoms with Crippen LogP contribution in [0.1, 0.15) is 37.0 Å². The summed E-state index contributed by atoms with van der Waals surface area (Å²) in [5.41, 5.74) is 0.580. The number of Topliss-reactive ketones (excluding diaryl/α,β-unsaturated/α-hetero) is 1. The monoisotopic (exact) mass is 249 g/mol. The largest absolute Gasteiger partial charge is 0.492 e. The van der Waals surface area contributed by atoms with Crippen molar-refractivity contribution >= 4 is 11.7 Å². The first-order valence-electron chi connectivity index (χ1n) is 6.20. The summed E-state index contributed by atoms with van der Waals surface area (Å²) >= 11 is 0. The molecule has 1 amide bonds. The first-order valence-corrected chi connectivity index (χ1v) is 6.20. The molecule has 0 aliphatic rings. The molecule has 18 heavy (non-hydrogen) atoms. The van der Waals surface area contributed by atoms with Gasteiger partial charge in [0.05, 0.1) is 18.6 Å². The number of rotatable bonds is 7. The van der Waals surface area contributed by atoms with E-state index in [1.165, 1.54) is 0 Å². The van der Waals surface area contributed by atoms with Crippen molar-refractivity contribution in [2.24, 2.45) is 0 Å². The smallest absolute Gasteiger partial charge is 0.223 e. The number of para-hydroxylation sites is 1. The van der Waals surface area contributed by atoms with E-state index < -0.39 is 0 Å². The van der Waals surface area contributed by atoms with Gasteiger partial charge in [-0.3, -0.25) is 9.59 Å². The lowest BCUT2D eigenvalue weighted by atomic mass is 10.1. The van der Waals surface area contributed by atoms with Crippen LogP contribution < -0.4 is 10.1 Å². The van der Waals surface area contributed by atoms with Gasteiger partial charge in [-0.2, -0.15) is 0 Å². The zero-order valence-electron chi connectivity index (χ0n) is 10.9. The molecule has 1 aromatic rings. The Morgan fingerprint density at radius 3 is 2.61 bits per heavy atom. The second kappa shape index (κ2) is 7.48. The van der Waals surface area contributed by atoms with Gasteiger partial charge in [0.1, 0.15) is 5.75 Å². The van der Waals surface area contributed by atoms with Gasteiger partial charge in [-0.15, -0.1) is 0 Å². The molecule has 0 radical (unpaired) electrons. The van der Waals surface area contributed by atoms with Crippen LogP contribution in [0.2, 0.25) is 0 Å². The number of amides is 1. The maximum absolute atomic E-state index is 11.7. The molecule has 0 aliphatic carbocycles. The molecular weight excluding hydrogens is 230 g/mol. The molecule has 0 unspecified atom stereocenters. The SMILES string of the molecule is CCNC(=O)CCOc1ccccc1C(=O)CC. The van der Waals surface area contributed by atoms with Gasteiger partial charge in [0.2, 0.25) is 5.91 Å². The summed E-state index contributed by atoms with van der Waals surface area (Å²) in [6.45, 7) is 4.57. The standard InChI is InChI=1S/C14H19NO3/c1-3-12(16)11-7-5-6-8-13(11)18-10-9-14(17)15-4-2/h5-8H,3-4,9-10H2,1-2H3,(H,15,17). The molecule has 4 nitrogen and oxygen atoms in total. The minimum Gasteiger partial charge on any atom is -0.492 e. The Hall–Kier alpha value is -1.84. The van der Waals surface area contributed by atoms with Crippen molar-refractivity contribution in [3.05, 3.63) is 29.8 Å². The van der Waals surface area contributed by atoms with E-state index in [0.29, 0.717) is 30.7 Å². The second-order valence-corrected chi connectivity index (χ2v) is 3.82. The van der Waals surface area contributed by atoms with E-state index >= 15 is 0 Å². The van der Waals surface area contributed by atoms with Gasteiger partial charge in [-0.05, 0) is 19.1 Å². The van der Waals surface area contributed by atoms with E-state index in [1.807, 2.05) is 19.9 Å². The molecule has 0 saturated carbocycles. The van der Waals surface area contributed by atoms with Crippen LogP contribution in [0.15, 0.2) is 24.3 Å². The van der Waals surface area contributed by atoms with E-state index in [0.717, 1.165) is 0 Å². The summed E-state index contributed by atoms with van der Waals surface area (Å²) in [6.07, 6.45) is 0.735. The lowest BCUT2D eigenvalue weighted by Gasteiger charge is -2.10. The van der Waals surface area contributed by atoms with Crippen molar-refractivity contribution in [1.29, 1.82) is 0 Å². The van der Waals surface area contributed by atoms with Crippen LogP contribution in [0.25, 0.3) is 0 Å². The fourth-order valence-electron chi connectivity index (χ4n) is 1.55. The molecule has 1 rings (SSSR count). The van der Waals surface area contributed by atoms with Crippen molar-refractivity contribution in [3.63, 3.8) is 0 Å². The van der Waals surface area contributed by atoms with E-state index in [2.05, 4.69) is 5.32 Å². The Morgan fingerprint density at radius 1 is 1.22 bits per heavy atom. The number of hydrogen-bond donors (Lipinski definition) is 1. The van der Waals surface area contributed by atoms with Crippen LogP contribution >= 0.6 is 0 Å². The molecule has 0 aromatic heterocycles. The molecule has 0 heterocycles. The van der Waals surface area contributed by atoms with Crippen LogP contribution in [-0.2, 0) is 4.79 Å². The fraction of sp³-hybridized carbons (Fsp3) is 0.429. The molecule has 1 aromatic carbocycles. The molecule has 0 fully saturated rings. The summed E-state index contributed by atoms with van der Waals surface area (Å²) in [4.78, 5) is 22.9. The maximum atomic E-state index is 11.7. The van der Waals surface area contributed by atoms with Crippen LogP contribution in [0, 0.1) is 0 Å². The number of hydrogen-bond acceptors (Lipinski definition) is 3. The van der Waals surface area contributed by atoms with Gasteiger partial charge in [0.25, 0.3) is 0 Å². The van der Waals surface area contributed by atoms with Gasteiger partial charge < -0.3 is 10.1 Å². The Labute approximate surface area is 107 Å². The number of ether oxygens (including phenoxy) is 1. The third-order valence-electron chi connectivity index (χ3n) is 2.47. The zero-order chi connectivity index (χ0) is 13.4.